The van der Waals surface area contributed by atoms with Gasteiger partial charge in [-0.05, 0) is 37.6 Å². The van der Waals surface area contributed by atoms with E-state index < -0.39 is 5.82 Å². The van der Waals surface area contributed by atoms with Gasteiger partial charge in [0.25, 0.3) is 5.91 Å². The number of hydrogen-bond donors (Lipinski definition) is 2. The summed E-state index contributed by atoms with van der Waals surface area (Å²) in [5.74, 6) is -0.843. The standard InChI is InChI=1S/C12H14BrFN2O.ClH/c13-8-3-4-10(11(14)6-8)12(17)16-9-2-1-5-15-7-9;/h3-4,6,9,15H,1-2,5,7H2,(H,16,17);1H/t9-;/m1./s1. The highest BCUT2D eigenvalue weighted by Gasteiger charge is 2.18. The monoisotopic (exact) mass is 336 g/mol. The second-order valence-corrected chi connectivity index (χ2v) is 5.06. The molecule has 0 aromatic heterocycles. The number of carbonyl (C=O) groups is 1. The Balaban J connectivity index is 0.00000162. The lowest BCUT2D eigenvalue weighted by atomic mass is 10.1. The third-order valence-corrected chi connectivity index (χ3v) is 3.30. The van der Waals surface area contributed by atoms with Crippen molar-refractivity contribution in [2.24, 2.45) is 0 Å². The summed E-state index contributed by atoms with van der Waals surface area (Å²) in [6, 6.07) is 4.55. The van der Waals surface area contributed by atoms with E-state index in [0.29, 0.717) is 4.47 Å². The molecule has 1 saturated heterocycles. The molecule has 1 heterocycles. The first kappa shape index (κ1) is 15.4. The van der Waals surface area contributed by atoms with Crippen LogP contribution in [0.15, 0.2) is 22.7 Å². The third-order valence-electron chi connectivity index (χ3n) is 2.81. The molecule has 18 heavy (non-hydrogen) atoms. The van der Waals surface area contributed by atoms with E-state index >= 15 is 0 Å². The lowest BCUT2D eigenvalue weighted by Gasteiger charge is -2.23. The molecular formula is C12H15BrClFN2O. The molecule has 0 saturated carbocycles. The van der Waals surface area contributed by atoms with Gasteiger partial charge in [-0.1, -0.05) is 15.9 Å². The Labute approximate surface area is 120 Å². The number of rotatable bonds is 2. The van der Waals surface area contributed by atoms with E-state index in [1.807, 2.05) is 0 Å². The minimum atomic E-state index is -0.499. The van der Waals surface area contributed by atoms with Crippen molar-refractivity contribution in [2.75, 3.05) is 13.1 Å². The summed E-state index contributed by atoms with van der Waals surface area (Å²) in [6.07, 6.45) is 1.98. The fourth-order valence-corrected chi connectivity index (χ4v) is 2.24. The van der Waals surface area contributed by atoms with Crippen LogP contribution < -0.4 is 10.6 Å². The summed E-state index contributed by atoms with van der Waals surface area (Å²) in [5.41, 5.74) is 0.0961. The normalized spacial score (nSPS) is 18.9. The van der Waals surface area contributed by atoms with Crippen molar-refractivity contribution < 1.29 is 9.18 Å². The summed E-state index contributed by atoms with van der Waals surface area (Å²) in [4.78, 5) is 11.9. The Morgan fingerprint density at radius 3 is 2.89 bits per heavy atom. The zero-order valence-electron chi connectivity index (χ0n) is 9.71. The molecule has 0 radical (unpaired) electrons. The number of amides is 1. The quantitative estimate of drug-likeness (QED) is 0.870. The number of nitrogens with one attached hydrogen (secondary N) is 2. The molecule has 2 N–H and O–H groups in total. The van der Waals surface area contributed by atoms with Gasteiger partial charge >= 0.3 is 0 Å². The predicted molar refractivity (Wildman–Crippen MR) is 74.7 cm³/mol. The summed E-state index contributed by atoms with van der Waals surface area (Å²) in [6.45, 7) is 1.74. The lowest BCUT2D eigenvalue weighted by molar-refractivity contribution is 0.0926. The van der Waals surface area contributed by atoms with E-state index in [1.54, 1.807) is 6.07 Å². The van der Waals surface area contributed by atoms with Crippen LogP contribution in [0.25, 0.3) is 0 Å². The van der Waals surface area contributed by atoms with Crippen LogP contribution in [-0.4, -0.2) is 25.0 Å². The maximum absolute atomic E-state index is 13.5. The average molecular weight is 338 g/mol. The van der Waals surface area contributed by atoms with Gasteiger partial charge in [0.15, 0.2) is 0 Å². The molecular weight excluding hydrogens is 322 g/mol. The highest BCUT2D eigenvalue weighted by atomic mass is 79.9. The smallest absolute Gasteiger partial charge is 0.254 e. The molecule has 1 fully saturated rings. The molecule has 1 amide bonds. The Morgan fingerprint density at radius 2 is 2.28 bits per heavy atom. The molecule has 0 aliphatic carbocycles. The fourth-order valence-electron chi connectivity index (χ4n) is 1.91. The lowest BCUT2D eigenvalue weighted by Crippen LogP contribution is -2.45. The first-order valence-electron chi connectivity index (χ1n) is 5.63. The molecule has 100 valence electrons. The minimum Gasteiger partial charge on any atom is -0.348 e. The average Bonchev–Trinajstić information content (AvgIpc) is 2.30. The van der Waals surface area contributed by atoms with E-state index in [-0.39, 0.29) is 29.9 Å². The van der Waals surface area contributed by atoms with Gasteiger partial charge in [0.05, 0.1) is 5.56 Å². The predicted octanol–water partition coefficient (Wildman–Crippen LogP) is 2.49. The van der Waals surface area contributed by atoms with Crippen molar-refractivity contribution in [2.45, 2.75) is 18.9 Å². The van der Waals surface area contributed by atoms with Crippen LogP contribution >= 0.6 is 28.3 Å². The second kappa shape index (κ2) is 7.07. The van der Waals surface area contributed by atoms with Crippen molar-refractivity contribution in [3.63, 3.8) is 0 Å². The number of carbonyl (C=O) groups excluding carboxylic acids is 1. The molecule has 3 nitrogen and oxygen atoms in total. The van der Waals surface area contributed by atoms with Crippen LogP contribution in [0.4, 0.5) is 4.39 Å². The highest BCUT2D eigenvalue weighted by molar-refractivity contribution is 9.10. The number of hydrogen-bond acceptors (Lipinski definition) is 2. The number of halogens is 3. The molecule has 1 aromatic rings. The van der Waals surface area contributed by atoms with Crippen LogP contribution in [0, 0.1) is 5.82 Å². The summed E-state index contributed by atoms with van der Waals surface area (Å²) in [7, 11) is 0. The van der Waals surface area contributed by atoms with Crippen LogP contribution in [0.1, 0.15) is 23.2 Å². The molecule has 1 aliphatic heterocycles. The van der Waals surface area contributed by atoms with E-state index in [1.165, 1.54) is 12.1 Å². The van der Waals surface area contributed by atoms with Crippen LogP contribution in [0.5, 0.6) is 0 Å². The largest absolute Gasteiger partial charge is 0.348 e. The summed E-state index contributed by atoms with van der Waals surface area (Å²) >= 11 is 3.16. The summed E-state index contributed by atoms with van der Waals surface area (Å²) in [5, 5.41) is 6.04. The molecule has 0 bridgehead atoms. The van der Waals surface area contributed by atoms with Crippen LogP contribution in [-0.2, 0) is 0 Å². The van der Waals surface area contributed by atoms with E-state index in [0.717, 1.165) is 25.9 Å². The highest BCUT2D eigenvalue weighted by Crippen LogP contribution is 2.15. The summed E-state index contributed by atoms with van der Waals surface area (Å²) < 4.78 is 14.2. The van der Waals surface area contributed by atoms with Gasteiger partial charge in [0.1, 0.15) is 5.82 Å². The fraction of sp³-hybridized carbons (Fsp3) is 0.417. The van der Waals surface area contributed by atoms with E-state index in [2.05, 4.69) is 26.6 Å². The SMILES string of the molecule is Cl.O=C(N[C@@H]1CCCNC1)c1ccc(Br)cc1F. The first-order valence-corrected chi connectivity index (χ1v) is 6.43. The maximum atomic E-state index is 13.5. The van der Waals surface area contributed by atoms with Crippen molar-refractivity contribution in [1.29, 1.82) is 0 Å². The van der Waals surface area contributed by atoms with Gasteiger partial charge in [0, 0.05) is 17.1 Å². The maximum Gasteiger partial charge on any atom is 0.254 e. The Hall–Kier alpha value is -0.650. The van der Waals surface area contributed by atoms with Gasteiger partial charge < -0.3 is 10.6 Å². The molecule has 6 heteroatoms. The number of benzene rings is 1. The number of piperidine rings is 1. The first-order chi connectivity index (χ1) is 8.16. The Kier molecular flexibility index (Phi) is 6.05. The van der Waals surface area contributed by atoms with E-state index in [9.17, 15) is 9.18 Å². The van der Waals surface area contributed by atoms with E-state index in [4.69, 9.17) is 0 Å². The van der Waals surface area contributed by atoms with Gasteiger partial charge in [-0.25, -0.2) is 4.39 Å². The molecule has 0 spiro atoms. The topological polar surface area (TPSA) is 41.1 Å². The Bertz CT molecular complexity index is 425. The van der Waals surface area contributed by atoms with Gasteiger partial charge in [-0.3, -0.25) is 4.79 Å². The van der Waals surface area contributed by atoms with Crippen LogP contribution in [0.2, 0.25) is 0 Å². The molecule has 2 rings (SSSR count). The third kappa shape index (κ3) is 3.93. The second-order valence-electron chi connectivity index (χ2n) is 4.14. The molecule has 1 atom stereocenters. The molecule has 0 unspecified atom stereocenters. The van der Waals surface area contributed by atoms with Crippen molar-refractivity contribution in [3.05, 3.63) is 34.1 Å². The van der Waals surface area contributed by atoms with Gasteiger partial charge in [-0.15, -0.1) is 12.4 Å². The van der Waals surface area contributed by atoms with Crippen molar-refractivity contribution >= 4 is 34.2 Å². The zero-order valence-corrected chi connectivity index (χ0v) is 12.1. The zero-order chi connectivity index (χ0) is 12.3. The van der Waals surface area contributed by atoms with Gasteiger partial charge in [-0.2, -0.15) is 0 Å². The van der Waals surface area contributed by atoms with Gasteiger partial charge in [0.2, 0.25) is 0 Å². The van der Waals surface area contributed by atoms with Crippen LogP contribution in [0.3, 0.4) is 0 Å². The van der Waals surface area contributed by atoms with Crippen molar-refractivity contribution in [3.8, 4) is 0 Å². The minimum absolute atomic E-state index is 0. The molecule has 1 aromatic carbocycles. The molecule has 1 aliphatic rings. The Morgan fingerprint density at radius 1 is 1.50 bits per heavy atom. The van der Waals surface area contributed by atoms with Crippen molar-refractivity contribution in [1.82, 2.24) is 10.6 Å².